The van der Waals surface area contributed by atoms with Crippen LogP contribution in [0.15, 0.2) is 42.5 Å². The fourth-order valence-electron chi connectivity index (χ4n) is 8.38. The molecule has 22 nitrogen and oxygen atoms in total. The quantitative estimate of drug-likeness (QED) is 0.0651. The summed E-state index contributed by atoms with van der Waals surface area (Å²) in [4.78, 5) is 126. The topological polar surface area (TPSA) is 284 Å². The number of nitrogens with one attached hydrogen (secondary N) is 3. The number of ether oxygens (including phenoxy) is 8. The van der Waals surface area contributed by atoms with Crippen molar-refractivity contribution in [3.05, 3.63) is 59.7 Å². The van der Waals surface area contributed by atoms with Crippen LogP contribution in [0.2, 0.25) is 0 Å². The zero-order valence-corrected chi connectivity index (χ0v) is 47.3. The Balaban J connectivity index is 0.000000555. The van der Waals surface area contributed by atoms with Gasteiger partial charge in [-0.05, 0) is 80.2 Å². The van der Waals surface area contributed by atoms with Gasteiger partial charge in [0.25, 0.3) is 11.8 Å². The van der Waals surface area contributed by atoms with Crippen LogP contribution in [0.3, 0.4) is 0 Å². The minimum Gasteiger partial charge on any atom is -0.455 e. The Labute approximate surface area is 460 Å². The molecule has 24 heteroatoms. The number of likely N-dealkylation sites (tertiary alicyclic amines) is 1. The van der Waals surface area contributed by atoms with Crippen LogP contribution in [0.4, 0.5) is 8.78 Å². The van der Waals surface area contributed by atoms with Crippen LogP contribution < -0.4 is 16.0 Å². The second-order valence-electron chi connectivity index (χ2n) is 19.2. The summed E-state index contributed by atoms with van der Waals surface area (Å²) in [7, 11) is 2.38. The highest BCUT2D eigenvalue weighted by molar-refractivity contribution is 5.91. The lowest BCUT2D eigenvalue weighted by Gasteiger charge is -2.34. The molecule has 442 valence electrons. The highest BCUT2D eigenvalue weighted by Crippen LogP contribution is 2.25. The van der Waals surface area contributed by atoms with Gasteiger partial charge in [-0.1, -0.05) is 52.7 Å². The zero-order valence-electron chi connectivity index (χ0n) is 47.3. The number of methoxy groups -OCH3 is 2. The molecule has 2 aliphatic heterocycles. The Hall–Kier alpha value is -6.82. The first kappa shape index (κ1) is 68.3. The van der Waals surface area contributed by atoms with Crippen LogP contribution in [0.5, 0.6) is 0 Å². The third-order valence-electron chi connectivity index (χ3n) is 12.5. The molecule has 2 heterocycles. The predicted octanol–water partition coefficient (Wildman–Crippen LogP) is 4.56. The molecule has 12 atom stereocenters. The number of esters is 6. The predicted molar refractivity (Wildman–Crippen MR) is 278 cm³/mol. The van der Waals surface area contributed by atoms with E-state index in [4.69, 9.17) is 37.9 Å². The number of allylic oxidation sites excluding steroid dienone is 2. The molecule has 0 aromatic heterocycles. The van der Waals surface area contributed by atoms with E-state index in [9.17, 15) is 56.7 Å². The summed E-state index contributed by atoms with van der Waals surface area (Å²) in [6.45, 7) is 15.3. The number of nitrogens with zero attached hydrogens (tertiary/aromatic N) is 1. The largest absolute Gasteiger partial charge is 0.455 e. The SMILES string of the molecule is CCC(C)/C=C/[C@@H](OC(C)=O)[C@H](OC(C)=O)[C@@H](OC(C)=O)[C@@H](OC)C(=O)N[C@H]1CCCCN(Cc2cc(F)cc(F)c2)C1=O.CCC(C)/C=C/[C@@H](OC(C)=O)[C@H](OC(C)=O)[C@@H](OC(C)=O)[C@@H](OC)C(=O)N[C@H]1CCCCNC1=O. The average Bonchev–Trinajstić information content (AvgIpc) is 3.66. The van der Waals surface area contributed by atoms with Crippen molar-refractivity contribution in [2.75, 3.05) is 27.3 Å². The van der Waals surface area contributed by atoms with Crippen molar-refractivity contribution in [1.82, 2.24) is 20.9 Å². The maximum absolute atomic E-state index is 13.8. The van der Waals surface area contributed by atoms with E-state index < -0.39 is 126 Å². The first-order valence-electron chi connectivity index (χ1n) is 26.3. The van der Waals surface area contributed by atoms with Gasteiger partial charge in [0.15, 0.2) is 48.8 Å². The third-order valence-corrected chi connectivity index (χ3v) is 12.5. The van der Waals surface area contributed by atoms with Gasteiger partial charge < -0.3 is 58.7 Å². The summed E-state index contributed by atoms with van der Waals surface area (Å²) < 4.78 is 70.9. The van der Waals surface area contributed by atoms with Crippen molar-refractivity contribution in [2.24, 2.45) is 11.8 Å². The van der Waals surface area contributed by atoms with Crippen molar-refractivity contribution in [3.63, 3.8) is 0 Å². The monoisotopic (exact) mass is 1120 g/mol. The Kier molecular flexibility index (Phi) is 30.2. The molecule has 0 saturated carbocycles. The molecule has 0 spiro atoms. The fourth-order valence-corrected chi connectivity index (χ4v) is 8.38. The molecule has 2 fully saturated rings. The van der Waals surface area contributed by atoms with Gasteiger partial charge in [0.05, 0.1) is 0 Å². The summed E-state index contributed by atoms with van der Waals surface area (Å²) in [5.41, 5.74) is 0.249. The molecule has 0 bridgehead atoms. The maximum Gasteiger partial charge on any atom is 0.303 e. The van der Waals surface area contributed by atoms with Gasteiger partial charge in [-0.3, -0.25) is 47.9 Å². The van der Waals surface area contributed by atoms with Gasteiger partial charge in [0, 0.05) is 81.5 Å². The highest BCUT2D eigenvalue weighted by Gasteiger charge is 2.47. The van der Waals surface area contributed by atoms with Gasteiger partial charge >= 0.3 is 35.8 Å². The zero-order chi connectivity index (χ0) is 59.5. The Morgan fingerprint density at radius 3 is 1.38 bits per heavy atom. The number of hydrogen-bond acceptors (Lipinski definition) is 18. The molecule has 1 aromatic rings. The Morgan fingerprint density at radius 2 is 0.975 bits per heavy atom. The number of rotatable bonds is 26. The van der Waals surface area contributed by atoms with Crippen molar-refractivity contribution >= 4 is 59.4 Å². The van der Waals surface area contributed by atoms with Crippen molar-refractivity contribution < 1.29 is 94.6 Å². The molecule has 1 aromatic carbocycles. The summed E-state index contributed by atoms with van der Waals surface area (Å²) in [5.74, 6) is -8.38. The smallest absolute Gasteiger partial charge is 0.303 e. The lowest BCUT2D eigenvalue weighted by atomic mass is 9.98. The van der Waals surface area contributed by atoms with E-state index in [1.165, 1.54) is 38.2 Å². The van der Waals surface area contributed by atoms with Gasteiger partial charge in [-0.2, -0.15) is 0 Å². The Morgan fingerprint density at radius 1 is 0.582 bits per heavy atom. The molecular weight excluding hydrogens is 1040 g/mol. The second-order valence-corrected chi connectivity index (χ2v) is 19.2. The maximum atomic E-state index is 13.8. The van der Waals surface area contributed by atoms with Crippen LogP contribution >= 0.6 is 0 Å². The van der Waals surface area contributed by atoms with E-state index in [2.05, 4.69) is 16.0 Å². The van der Waals surface area contributed by atoms with E-state index in [0.717, 1.165) is 78.5 Å². The lowest BCUT2D eigenvalue weighted by Crippen LogP contribution is -2.58. The number of benzene rings is 1. The summed E-state index contributed by atoms with van der Waals surface area (Å²) in [6.07, 6.45) is -0.119. The molecule has 4 amide bonds. The number of amides is 4. The first-order valence-corrected chi connectivity index (χ1v) is 26.3. The van der Waals surface area contributed by atoms with Crippen molar-refractivity contribution in [1.29, 1.82) is 0 Å². The molecule has 0 radical (unpaired) electrons. The van der Waals surface area contributed by atoms with E-state index >= 15 is 0 Å². The van der Waals surface area contributed by atoms with Gasteiger partial charge in [0.1, 0.15) is 23.7 Å². The lowest BCUT2D eigenvalue weighted by molar-refractivity contribution is -0.192. The molecule has 0 aliphatic carbocycles. The van der Waals surface area contributed by atoms with Crippen LogP contribution in [0.25, 0.3) is 0 Å². The van der Waals surface area contributed by atoms with Gasteiger partial charge in [-0.15, -0.1) is 0 Å². The van der Waals surface area contributed by atoms with Crippen LogP contribution in [-0.4, -0.2) is 153 Å². The highest BCUT2D eigenvalue weighted by atomic mass is 19.1. The van der Waals surface area contributed by atoms with Gasteiger partial charge in [-0.25, -0.2) is 8.78 Å². The standard InChI is InChI=1S/C31H42F2N2O9.C24H38N2O9/c1-7-18(2)11-12-26(42-19(3)36)27(43-20(4)37)28(44-21(5)38)29(41-6)30(39)34-25-10-8-9-13-35(31(25)40)17-22-14-23(32)16-24(33)15-22;1-7-14(2)11-12-19(33-15(3)27)20(34-16(4)28)21(35-17(5)29)22(32-6)24(31)26-18-10-8-9-13-25-23(18)30/h11-12,14-16,18,25-29H,7-10,13,17H2,1-6H3,(H,34,39);11-12,14,18-22H,7-10,13H2,1-6H3,(H,25,30)(H,26,31)/b2*12-11+/t18?,25-,26+,27-,28+,29+;14?,18-,19+,20-,21+,22+/m00/s1. The van der Waals surface area contributed by atoms with E-state index in [1.807, 2.05) is 27.7 Å². The molecule has 3 rings (SSSR count). The molecule has 2 aliphatic rings. The molecule has 2 unspecified atom stereocenters. The molecule has 2 saturated heterocycles. The van der Waals surface area contributed by atoms with E-state index in [-0.39, 0.29) is 36.3 Å². The van der Waals surface area contributed by atoms with Crippen LogP contribution in [0, 0.1) is 23.5 Å². The molecular formula is C55H80F2N4O18. The number of carbonyl (C=O) groups is 10. The summed E-state index contributed by atoms with van der Waals surface area (Å²) in [6, 6.07) is 1.15. The first-order chi connectivity index (χ1) is 37.2. The van der Waals surface area contributed by atoms with Crippen molar-refractivity contribution in [2.45, 2.75) is 188 Å². The van der Waals surface area contributed by atoms with Crippen molar-refractivity contribution in [3.8, 4) is 0 Å². The minimum atomic E-state index is -1.61. The van der Waals surface area contributed by atoms with Crippen LogP contribution in [-0.2, 0) is 92.4 Å². The normalized spacial score (nSPS) is 19.5. The Bertz CT molecular complexity index is 2280. The number of hydrogen-bond donors (Lipinski definition) is 3. The number of halogens is 2. The second kappa shape index (κ2) is 34.9. The fraction of sp³-hybridized carbons (Fsp3) is 0.636. The number of carbonyl (C=O) groups excluding carboxylic acids is 10. The summed E-state index contributed by atoms with van der Waals surface area (Å²) in [5, 5.41) is 7.99. The third kappa shape index (κ3) is 24.4. The van der Waals surface area contributed by atoms with E-state index in [0.29, 0.717) is 32.4 Å². The van der Waals surface area contributed by atoms with Gasteiger partial charge in [0.2, 0.25) is 11.8 Å². The van der Waals surface area contributed by atoms with E-state index in [1.54, 1.807) is 12.2 Å². The van der Waals surface area contributed by atoms with Crippen LogP contribution in [0.1, 0.15) is 126 Å². The molecule has 3 N–H and O–H groups in total. The average molecular weight is 1120 g/mol. The molecule has 79 heavy (non-hydrogen) atoms. The summed E-state index contributed by atoms with van der Waals surface area (Å²) >= 11 is 0. The minimum absolute atomic E-state index is 0.0489.